The molecule has 0 bridgehead atoms. The van der Waals surface area contributed by atoms with Gasteiger partial charge in [0.25, 0.3) is 0 Å². The Labute approximate surface area is 109 Å². The first-order valence-corrected chi connectivity index (χ1v) is 5.68. The van der Waals surface area contributed by atoms with E-state index in [1.54, 1.807) is 31.2 Å². The fourth-order valence-electron chi connectivity index (χ4n) is 1.84. The molecule has 2 aromatic rings. The SMILES string of the molecule is Cc1cccc(N)c1Nc1ccccc1C(F)(F)F. The van der Waals surface area contributed by atoms with E-state index in [1.807, 2.05) is 0 Å². The topological polar surface area (TPSA) is 38.0 Å². The summed E-state index contributed by atoms with van der Waals surface area (Å²) in [5.74, 6) is 0. The molecule has 5 heteroatoms. The summed E-state index contributed by atoms with van der Waals surface area (Å²) in [7, 11) is 0. The van der Waals surface area contributed by atoms with E-state index in [0.29, 0.717) is 11.4 Å². The molecular formula is C14H13F3N2. The van der Waals surface area contributed by atoms with Crippen molar-refractivity contribution in [2.75, 3.05) is 11.1 Å². The molecule has 0 fully saturated rings. The first-order valence-electron chi connectivity index (χ1n) is 5.68. The summed E-state index contributed by atoms with van der Waals surface area (Å²) < 4.78 is 38.6. The van der Waals surface area contributed by atoms with Crippen LogP contribution in [0.15, 0.2) is 42.5 Å². The zero-order valence-electron chi connectivity index (χ0n) is 10.3. The van der Waals surface area contributed by atoms with Gasteiger partial charge in [-0.1, -0.05) is 24.3 Å². The number of hydrogen-bond donors (Lipinski definition) is 2. The van der Waals surface area contributed by atoms with Crippen molar-refractivity contribution in [1.29, 1.82) is 0 Å². The van der Waals surface area contributed by atoms with Crippen LogP contribution in [0.25, 0.3) is 0 Å². The molecule has 2 rings (SSSR count). The Balaban J connectivity index is 2.45. The third-order valence-corrected chi connectivity index (χ3v) is 2.80. The highest BCUT2D eigenvalue weighted by atomic mass is 19.4. The molecule has 0 amide bonds. The number of nitrogens with one attached hydrogen (secondary N) is 1. The van der Waals surface area contributed by atoms with Crippen LogP contribution < -0.4 is 11.1 Å². The first kappa shape index (κ1) is 13.3. The van der Waals surface area contributed by atoms with E-state index in [-0.39, 0.29) is 5.69 Å². The second kappa shape index (κ2) is 4.84. The van der Waals surface area contributed by atoms with Gasteiger partial charge >= 0.3 is 6.18 Å². The predicted octanol–water partition coefficient (Wildman–Crippen LogP) is 4.34. The molecule has 3 N–H and O–H groups in total. The van der Waals surface area contributed by atoms with Crippen LogP contribution in [0.5, 0.6) is 0 Å². The second-order valence-corrected chi connectivity index (χ2v) is 4.21. The van der Waals surface area contributed by atoms with Gasteiger partial charge in [0, 0.05) is 0 Å². The van der Waals surface area contributed by atoms with Gasteiger partial charge in [0.15, 0.2) is 0 Å². The van der Waals surface area contributed by atoms with Crippen molar-refractivity contribution in [3.05, 3.63) is 53.6 Å². The molecule has 100 valence electrons. The lowest BCUT2D eigenvalue weighted by Crippen LogP contribution is -2.09. The number of anilines is 3. The average Bonchev–Trinajstić information content (AvgIpc) is 2.33. The highest BCUT2D eigenvalue weighted by Gasteiger charge is 2.33. The third kappa shape index (κ3) is 2.81. The van der Waals surface area contributed by atoms with E-state index < -0.39 is 11.7 Å². The number of rotatable bonds is 2. The van der Waals surface area contributed by atoms with Crippen LogP contribution in [0, 0.1) is 6.92 Å². The fraction of sp³-hybridized carbons (Fsp3) is 0.143. The van der Waals surface area contributed by atoms with E-state index >= 15 is 0 Å². The fourth-order valence-corrected chi connectivity index (χ4v) is 1.84. The molecule has 0 aromatic heterocycles. The number of nitrogens with two attached hydrogens (primary N) is 1. The molecule has 0 saturated carbocycles. The minimum atomic E-state index is -4.40. The Morgan fingerprint density at radius 2 is 1.68 bits per heavy atom. The van der Waals surface area contributed by atoms with E-state index in [2.05, 4.69) is 5.32 Å². The van der Waals surface area contributed by atoms with E-state index in [4.69, 9.17) is 5.73 Å². The summed E-state index contributed by atoms with van der Waals surface area (Å²) in [4.78, 5) is 0. The Morgan fingerprint density at radius 1 is 1.00 bits per heavy atom. The molecule has 19 heavy (non-hydrogen) atoms. The first-order chi connectivity index (χ1) is 8.89. The molecule has 0 aliphatic rings. The molecule has 0 heterocycles. The van der Waals surface area contributed by atoms with Gasteiger partial charge in [-0.2, -0.15) is 13.2 Å². The molecule has 0 radical (unpaired) electrons. The summed E-state index contributed by atoms with van der Waals surface area (Å²) in [6.45, 7) is 1.79. The Morgan fingerprint density at radius 3 is 2.32 bits per heavy atom. The molecule has 0 atom stereocenters. The van der Waals surface area contributed by atoms with Crippen LogP contribution in [-0.4, -0.2) is 0 Å². The lowest BCUT2D eigenvalue weighted by molar-refractivity contribution is -0.136. The van der Waals surface area contributed by atoms with Crippen molar-refractivity contribution in [2.24, 2.45) is 0 Å². The molecule has 0 aliphatic heterocycles. The van der Waals surface area contributed by atoms with Crippen molar-refractivity contribution < 1.29 is 13.2 Å². The maximum absolute atomic E-state index is 12.9. The monoisotopic (exact) mass is 266 g/mol. The number of para-hydroxylation sites is 2. The van der Waals surface area contributed by atoms with Gasteiger partial charge in [-0.3, -0.25) is 0 Å². The van der Waals surface area contributed by atoms with Gasteiger partial charge in [-0.15, -0.1) is 0 Å². The van der Waals surface area contributed by atoms with E-state index in [0.717, 1.165) is 11.6 Å². The zero-order chi connectivity index (χ0) is 14.0. The molecule has 0 unspecified atom stereocenters. The van der Waals surface area contributed by atoms with Crippen molar-refractivity contribution in [3.8, 4) is 0 Å². The van der Waals surface area contributed by atoms with Crippen molar-refractivity contribution >= 4 is 17.1 Å². The number of hydrogen-bond acceptors (Lipinski definition) is 2. The summed E-state index contributed by atoms with van der Waals surface area (Å²) in [6.07, 6.45) is -4.40. The molecule has 2 aromatic carbocycles. The number of alkyl halides is 3. The predicted molar refractivity (Wildman–Crippen MR) is 70.3 cm³/mol. The largest absolute Gasteiger partial charge is 0.418 e. The maximum atomic E-state index is 12.9. The van der Waals surface area contributed by atoms with Gasteiger partial charge in [-0.25, -0.2) is 0 Å². The van der Waals surface area contributed by atoms with Crippen LogP contribution in [0.2, 0.25) is 0 Å². The molecule has 0 saturated heterocycles. The number of aryl methyl sites for hydroxylation is 1. The van der Waals surface area contributed by atoms with Gasteiger partial charge in [0.2, 0.25) is 0 Å². The summed E-state index contributed by atoms with van der Waals surface area (Å²) in [6, 6.07) is 10.5. The minimum Gasteiger partial charge on any atom is -0.397 e. The highest BCUT2D eigenvalue weighted by molar-refractivity contribution is 5.76. The van der Waals surface area contributed by atoms with Crippen molar-refractivity contribution in [2.45, 2.75) is 13.1 Å². The molecular weight excluding hydrogens is 253 g/mol. The average molecular weight is 266 g/mol. The van der Waals surface area contributed by atoms with E-state index in [9.17, 15) is 13.2 Å². The lowest BCUT2D eigenvalue weighted by atomic mass is 10.1. The Hall–Kier alpha value is -2.17. The summed E-state index contributed by atoms with van der Waals surface area (Å²) in [5.41, 5.74) is 6.77. The molecule has 0 spiro atoms. The Kier molecular flexibility index (Phi) is 3.38. The lowest BCUT2D eigenvalue weighted by Gasteiger charge is -2.17. The van der Waals surface area contributed by atoms with Crippen LogP contribution in [0.3, 0.4) is 0 Å². The van der Waals surface area contributed by atoms with Crippen LogP contribution >= 0.6 is 0 Å². The van der Waals surface area contributed by atoms with Crippen LogP contribution in [0.1, 0.15) is 11.1 Å². The number of halogens is 3. The second-order valence-electron chi connectivity index (χ2n) is 4.21. The number of benzene rings is 2. The van der Waals surface area contributed by atoms with Gasteiger partial charge in [0.1, 0.15) is 0 Å². The quantitative estimate of drug-likeness (QED) is 0.793. The smallest absolute Gasteiger partial charge is 0.397 e. The van der Waals surface area contributed by atoms with Crippen LogP contribution in [0.4, 0.5) is 30.2 Å². The number of nitrogen functional groups attached to an aromatic ring is 1. The zero-order valence-corrected chi connectivity index (χ0v) is 10.3. The van der Waals surface area contributed by atoms with Gasteiger partial charge < -0.3 is 11.1 Å². The van der Waals surface area contributed by atoms with Crippen LogP contribution in [-0.2, 0) is 6.18 Å². The summed E-state index contributed by atoms with van der Waals surface area (Å²) >= 11 is 0. The highest BCUT2D eigenvalue weighted by Crippen LogP contribution is 2.37. The molecule has 0 aliphatic carbocycles. The normalized spacial score (nSPS) is 11.4. The third-order valence-electron chi connectivity index (χ3n) is 2.80. The standard InChI is InChI=1S/C14H13F3N2/c1-9-5-4-7-11(18)13(9)19-12-8-3-2-6-10(12)14(15,16)17/h2-8,19H,18H2,1H3. The molecule has 2 nitrogen and oxygen atoms in total. The Bertz CT molecular complexity index is 571. The minimum absolute atomic E-state index is 0.00370. The van der Waals surface area contributed by atoms with Crippen molar-refractivity contribution in [1.82, 2.24) is 0 Å². The van der Waals surface area contributed by atoms with E-state index in [1.165, 1.54) is 12.1 Å². The van der Waals surface area contributed by atoms with Gasteiger partial charge in [0.05, 0.1) is 22.6 Å². The van der Waals surface area contributed by atoms with Crippen molar-refractivity contribution in [3.63, 3.8) is 0 Å². The summed E-state index contributed by atoms with van der Waals surface area (Å²) in [5, 5.41) is 2.77. The maximum Gasteiger partial charge on any atom is 0.418 e. The van der Waals surface area contributed by atoms with Gasteiger partial charge in [-0.05, 0) is 30.7 Å².